The van der Waals surface area contributed by atoms with E-state index in [1.165, 1.54) is 61.0 Å². The minimum absolute atomic E-state index is 0.328. The Morgan fingerprint density at radius 2 is 1.58 bits per heavy atom. The minimum atomic E-state index is 0.328. The molecule has 0 N–H and O–H groups in total. The van der Waals surface area contributed by atoms with Gasteiger partial charge >= 0.3 is 0 Å². The van der Waals surface area contributed by atoms with Crippen molar-refractivity contribution < 1.29 is 9.47 Å². The van der Waals surface area contributed by atoms with Gasteiger partial charge in [0.15, 0.2) is 0 Å². The molecular formula is C30H35NO2. The second kappa shape index (κ2) is 10.4. The second-order valence-electron chi connectivity index (χ2n) is 9.42. The first-order valence-corrected chi connectivity index (χ1v) is 12.5. The van der Waals surface area contributed by atoms with Gasteiger partial charge in [0.1, 0.15) is 18.1 Å². The molecule has 172 valence electrons. The third kappa shape index (κ3) is 5.09. The molecule has 0 bridgehead atoms. The first-order valence-electron chi connectivity index (χ1n) is 12.5. The highest BCUT2D eigenvalue weighted by atomic mass is 16.5. The van der Waals surface area contributed by atoms with Crippen LogP contribution in [0, 0.1) is 0 Å². The summed E-state index contributed by atoms with van der Waals surface area (Å²) in [5.74, 6) is 2.71. The molecule has 2 atom stereocenters. The van der Waals surface area contributed by atoms with Crippen LogP contribution in [0.25, 0.3) is 0 Å². The minimum Gasteiger partial charge on any atom is -0.497 e. The van der Waals surface area contributed by atoms with Gasteiger partial charge in [-0.05, 0) is 97.6 Å². The first-order chi connectivity index (χ1) is 16.3. The van der Waals surface area contributed by atoms with Crippen LogP contribution in [0.15, 0.2) is 72.8 Å². The average Bonchev–Trinajstić information content (AvgIpc) is 3.31. The largest absolute Gasteiger partial charge is 0.497 e. The van der Waals surface area contributed by atoms with Gasteiger partial charge in [0.05, 0.1) is 7.11 Å². The van der Waals surface area contributed by atoms with Crippen LogP contribution in [0.5, 0.6) is 11.5 Å². The van der Waals surface area contributed by atoms with Gasteiger partial charge in [-0.2, -0.15) is 0 Å². The number of aryl methyl sites for hydroxylation is 1. The van der Waals surface area contributed by atoms with Crippen molar-refractivity contribution in [2.24, 2.45) is 0 Å². The lowest BCUT2D eigenvalue weighted by Crippen LogP contribution is -2.25. The van der Waals surface area contributed by atoms with Gasteiger partial charge in [-0.3, -0.25) is 4.90 Å². The highest BCUT2D eigenvalue weighted by molar-refractivity contribution is 5.47. The molecular weight excluding hydrogens is 406 g/mol. The lowest BCUT2D eigenvalue weighted by Gasteiger charge is -2.28. The Kier molecular flexibility index (Phi) is 6.97. The molecule has 1 aliphatic carbocycles. The van der Waals surface area contributed by atoms with E-state index in [9.17, 15) is 0 Å². The van der Waals surface area contributed by atoms with E-state index in [1.54, 1.807) is 7.11 Å². The van der Waals surface area contributed by atoms with Crippen LogP contribution in [-0.2, 0) is 6.42 Å². The molecule has 3 aromatic rings. The highest BCUT2D eigenvalue weighted by Crippen LogP contribution is 2.46. The van der Waals surface area contributed by atoms with Crippen molar-refractivity contribution in [3.63, 3.8) is 0 Å². The topological polar surface area (TPSA) is 21.7 Å². The van der Waals surface area contributed by atoms with Crippen LogP contribution in [0.2, 0.25) is 0 Å². The fourth-order valence-corrected chi connectivity index (χ4v) is 5.67. The summed E-state index contributed by atoms with van der Waals surface area (Å²) in [4.78, 5) is 2.50. The normalized spacial score (nSPS) is 20.8. The molecule has 3 heteroatoms. The maximum atomic E-state index is 6.09. The summed E-state index contributed by atoms with van der Waals surface area (Å²) in [5.41, 5.74) is 5.65. The van der Waals surface area contributed by atoms with Crippen LogP contribution in [0.4, 0.5) is 0 Å². The van der Waals surface area contributed by atoms with Gasteiger partial charge in [0.2, 0.25) is 0 Å². The molecule has 33 heavy (non-hydrogen) atoms. The zero-order chi connectivity index (χ0) is 22.5. The number of benzene rings is 3. The molecule has 1 heterocycles. The third-order valence-corrected chi connectivity index (χ3v) is 7.39. The number of methoxy groups -OCH3 is 1. The van der Waals surface area contributed by atoms with Crippen molar-refractivity contribution in [1.82, 2.24) is 4.90 Å². The zero-order valence-corrected chi connectivity index (χ0v) is 19.7. The van der Waals surface area contributed by atoms with E-state index in [4.69, 9.17) is 9.47 Å². The maximum Gasteiger partial charge on any atom is 0.119 e. The van der Waals surface area contributed by atoms with Crippen molar-refractivity contribution >= 4 is 0 Å². The fourth-order valence-electron chi connectivity index (χ4n) is 5.67. The van der Waals surface area contributed by atoms with Crippen molar-refractivity contribution in [2.75, 3.05) is 33.4 Å². The number of hydrogen-bond donors (Lipinski definition) is 0. The molecule has 0 spiro atoms. The lowest BCUT2D eigenvalue weighted by atomic mass is 9.76. The predicted molar refractivity (Wildman–Crippen MR) is 135 cm³/mol. The van der Waals surface area contributed by atoms with Gasteiger partial charge in [-0.25, -0.2) is 0 Å². The third-order valence-electron chi connectivity index (χ3n) is 7.39. The van der Waals surface area contributed by atoms with Crippen molar-refractivity contribution in [3.05, 3.63) is 95.1 Å². The maximum absolute atomic E-state index is 6.09. The smallest absolute Gasteiger partial charge is 0.119 e. The van der Waals surface area contributed by atoms with E-state index in [-0.39, 0.29) is 0 Å². The molecule has 1 aliphatic heterocycles. The molecule has 1 fully saturated rings. The molecule has 0 unspecified atom stereocenters. The fraction of sp³-hybridized carbons (Fsp3) is 0.400. The van der Waals surface area contributed by atoms with Gasteiger partial charge in [-0.15, -0.1) is 0 Å². The Morgan fingerprint density at radius 3 is 2.33 bits per heavy atom. The van der Waals surface area contributed by atoms with Crippen molar-refractivity contribution in [1.29, 1.82) is 0 Å². The van der Waals surface area contributed by atoms with E-state index in [0.29, 0.717) is 11.8 Å². The molecule has 3 nitrogen and oxygen atoms in total. The Bertz CT molecular complexity index is 1020. The summed E-state index contributed by atoms with van der Waals surface area (Å²) in [6.45, 7) is 4.22. The number of ether oxygens (including phenoxy) is 2. The van der Waals surface area contributed by atoms with Crippen molar-refractivity contribution in [2.45, 2.75) is 43.9 Å². The molecule has 0 aromatic heterocycles. The van der Waals surface area contributed by atoms with Gasteiger partial charge in [0, 0.05) is 12.5 Å². The van der Waals surface area contributed by atoms with E-state index < -0.39 is 0 Å². The molecule has 5 rings (SSSR count). The van der Waals surface area contributed by atoms with E-state index >= 15 is 0 Å². The molecule has 1 saturated heterocycles. The summed E-state index contributed by atoms with van der Waals surface area (Å²) in [6.07, 6.45) is 6.12. The van der Waals surface area contributed by atoms with E-state index in [2.05, 4.69) is 77.7 Å². The monoisotopic (exact) mass is 441 g/mol. The number of likely N-dealkylation sites (tertiary alicyclic amines) is 1. The molecule has 0 amide bonds. The number of nitrogens with zero attached hydrogens (tertiary/aromatic N) is 1. The Balaban J connectivity index is 1.42. The van der Waals surface area contributed by atoms with Crippen LogP contribution in [0.3, 0.4) is 0 Å². The summed E-state index contributed by atoms with van der Waals surface area (Å²) in [5, 5.41) is 0. The highest BCUT2D eigenvalue weighted by Gasteiger charge is 2.30. The molecule has 0 saturated carbocycles. The second-order valence-corrected chi connectivity index (χ2v) is 9.42. The van der Waals surface area contributed by atoms with E-state index in [0.717, 1.165) is 31.1 Å². The average molecular weight is 442 g/mol. The van der Waals surface area contributed by atoms with Crippen LogP contribution in [-0.4, -0.2) is 38.3 Å². The molecule has 0 radical (unpaired) electrons. The summed E-state index contributed by atoms with van der Waals surface area (Å²) in [6, 6.07) is 26.6. The number of fused-ring (bicyclic) bond motifs is 1. The number of hydrogen-bond acceptors (Lipinski definition) is 3. The van der Waals surface area contributed by atoms with Crippen LogP contribution >= 0.6 is 0 Å². The van der Waals surface area contributed by atoms with Gasteiger partial charge < -0.3 is 9.47 Å². The standard InChI is InChI=1S/C30H35NO2/c1-32-27-16-17-29-25(22-27)10-7-11-28(23-8-3-2-4-9-23)30(29)24-12-14-26(15-13-24)33-21-20-31-18-5-6-19-31/h2-4,8-9,12-17,22,28,30H,5-7,10-11,18-21H2,1H3/t28-,30-/m1/s1. The SMILES string of the molecule is COc1ccc2c(c1)CCC[C@H](c1ccccc1)[C@H]2c1ccc(OCCN2CCCC2)cc1. The lowest BCUT2D eigenvalue weighted by molar-refractivity contribution is 0.237. The Morgan fingerprint density at radius 1 is 0.818 bits per heavy atom. The number of rotatable bonds is 7. The molecule has 2 aliphatic rings. The predicted octanol–water partition coefficient (Wildman–Crippen LogP) is 6.42. The van der Waals surface area contributed by atoms with E-state index in [1.807, 2.05) is 0 Å². The Hall–Kier alpha value is -2.78. The summed E-state index contributed by atoms with van der Waals surface area (Å²) >= 11 is 0. The molecule has 3 aromatic carbocycles. The van der Waals surface area contributed by atoms with Crippen LogP contribution in [0.1, 0.15) is 59.8 Å². The quantitative estimate of drug-likeness (QED) is 0.395. The van der Waals surface area contributed by atoms with Crippen LogP contribution < -0.4 is 9.47 Å². The first kappa shape index (κ1) is 22.0. The zero-order valence-electron chi connectivity index (χ0n) is 19.7. The summed E-state index contributed by atoms with van der Waals surface area (Å²) < 4.78 is 11.6. The van der Waals surface area contributed by atoms with Crippen molar-refractivity contribution in [3.8, 4) is 11.5 Å². The Labute approximate surface area is 198 Å². The summed E-state index contributed by atoms with van der Waals surface area (Å²) in [7, 11) is 1.76. The van der Waals surface area contributed by atoms with Gasteiger partial charge in [0.25, 0.3) is 0 Å². The van der Waals surface area contributed by atoms with Gasteiger partial charge in [-0.1, -0.05) is 48.5 Å².